The summed E-state index contributed by atoms with van der Waals surface area (Å²) in [7, 11) is 0. The number of carbonyl (C=O) groups is 1. The Morgan fingerprint density at radius 2 is 2.12 bits per heavy atom. The molecular weight excluding hydrogens is 236 g/mol. The number of pyridine rings is 1. The average Bonchev–Trinajstić information content (AvgIpc) is 2.78. The van der Waals surface area contributed by atoms with Crippen LogP contribution in [0.25, 0.3) is 11.3 Å². The van der Waals surface area contributed by atoms with E-state index in [0.717, 1.165) is 22.7 Å². The lowest BCUT2D eigenvalue weighted by Crippen LogP contribution is -1.95. The Bertz CT molecular complexity index is 496. The molecule has 0 aromatic carbocycles. The molecule has 0 saturated carbocycles. The first kappa shape index (κ1) is 11.7. The predicted octanol–water partition coefficient (Wildman–Crippen LogP) is 2.61. The van der Waals surface area contributed by atoms with Crippen LogP contribution in [0.15, 0.2) is 29.9 Å². The highest BCUT2D eigenvalue weighted by Crippen LogP contribution is 2.21. The van der Waals surface area contributed by atoms with Crippen LogP contribution < -0.4 is 0 Å². The first-order chi connectivity index (χ1) is 8.25. The molecule has 2 heterocycles. The number of rotatable bonds is 5. The molecule has 0 radical (unpaired) electrons. The molecule has 2 rings (SSSR count). The first-order valence-electron chi connectivity index (χ1n) is 5.32. The van der Waals surface area contributed by atoms with Gasteiger partial charge in [0.15, 0.2) is 0 Å². The van der Waals surface area contributed by atoms with Crippen molar-refractivity contribution in [3.05, 3.63) is 34.9 Å². The summed E-state index contributed by atoms with van der Waals surface area (Å²) in [4.78, 5) is 18.8. The van der Waals surface area contributed by atoms with Gasteiger partial charge in [0.05, 0.1) is 10.7 Å². The Morgan fingerprint density at radius 3 is 2.82 bits per heavy atom. The zero-order chi connectivity index (χ0) is 12.1. The van der Waals surface area contributed by atoms with E-state index >= 15 is 0 Å². The van der Waals surface area contributed by atoms with Crippen molar-refractivity contribution in [1.82, 2.24) is 9.97 Å². The third-order valence-corrected chi connectivity index (χ3v) is 3.22. The highest BCUT2D eigenvalue weighted by atomic mass is 32.1. The van der Waals surface area contributed by atoms with E-state index in [1.807, 2.05) is 17.5 Å². The van der Waals surface area contributed by atoms with Gasteiger partial charge >= 0.3 is 5.97 Å². The van der Waals surface area contributed by atoms with Gasteiger partial charge in [-0.05, 0) is 25.0 Å². The van der Waals surface area contributed by atoms with E-state index in [9.17, 15) is 4.79 Å². The van der Waals surface area contributed by atoms with Gasteiger partial charge < -0.3 is 5.11 Å². The lowest BCUT2D eigenvalue weighted by atomic mass is 10.2. The minimum absolute atomic E-state index is 0.199. The molecule has 5 heteroatoms. The van der Waals surface area contributed by atoms with Crippen molar-refractivity contribution < 1.29 is 9.90 Å². The topological polar surface area (TPSA) is 63.1 Å². The minimum atomic E-state index is -0.754. The molecule has 0 unspecified atom stereocenters. The molecule has 4 nitrogen and oxygen atoms in total. The van der Waals surface area contributed by atoms with E-state index in [-0.39, 0.29) is 6.42 Å². The summed E-state index contributed by atoms with van der Waals surface area (Å²) in [5.74, 6) is -0.754. The molecule has 0 amide bonds. The van der Waals surface area contributed by atoms with Gasteiger partial charge in [-0.15, -0.1) is 11.3 Å². The van der Waals surface area contributed by atoms with Gasteiger partial charge in [-0.1, -0.05) is 0 Å². The zero-order valence-corrected chi connectivity index (χ0v) is 9.98. The van der Waals surface area contributed by atoms with E-state index in [0.29, 0.717) is 6.42 Å². The van der Waals surface area contributed by atoms with E-state index in [2.05, 4.69) is 9.97 Å². The van der Waals surface area contributed by atoms with Crippen molar-refractivity contribution in [2.45, 2.75) is 19.3 Å². The Labute approximate surface area is 103 Å². The quantitative estimate of drug-likeness (QED) is 0.883. The maximum Gasteiger partial charge on any atom is 0.303 e. The summed E-state index contributed by atoms with van der Waals surface area (Å²) in [6, 6.07) is 3.83. The molecule has 17 heavy (non-hydrogen) atoms. The van der Waals surface area contributed by atoms with Gasteiger partial charge in [-0.25, -0.2) is 4.98 Å². The second kappa shape index (κ2) is 5.54. The number of aromatic nitrogens is 2. The standard InChI is InChI=1S/C12H12N2O2S/c15-12(16)3-1-2-11-14-10(8-17-11)9-4-6-13-7-5-9/h4-8H,1-3H2,(H,15,16). The summed E-state index contributed by atoms with van der Waals surface area (Å²) in [6.45, 7) is 0. The van der Waals surface area contributed by atoms with Gasteiger partial charge in [0, 0.05) is 29.8 Å². The Kier molecular flexibility index (Phi) is 3.82. The van der Waals surface area contributed by atoms with Crippen molar-refractivity contribution in [3.8, 4) is 11.3 Å². The molecule has 0 fully saturated rings. The van der Waals surface area contributed by atoms with Crippen molar-refractivity contribution in [2.24, 2.45) is 0 Å². The number of carboxylic acids is 1. The largest absolute Gasteiger partial charge is 0.481 e. The molecule has 0 spiro atoms. The number of nitrogens with zero attached hydrogens (tertiary/aromatic N) is 2. The second-order valence-electron chi connectivity index (χ2n) is 3.61. The summed E-state index contributed by atoms with van der Waals surface area (Å²) in [5.41, 5.74) is 1.98. The number of carboxylic acid groups (broad SMARTS) is 1. The van der Waals surface area contributed by atoms with Gasteiger partial charge in [0.2, 0.25) is 0 Å². The molecule has 0 aliphatic carbocycles. The molecule has 0 atom stereocenters. The van der Waals surface area contributed by atoms with Crippen molar-refractivity contribution in [1.29, 1.82) is 0 Å². The van der Waals surface area contributed by atoms with Gasteiger partial charge in [0.1, 0.15) is 0 Å². The molecule has 0 aliphatic heterocycles. The lowest BCUT2D eigenvalue weighted by Gasteiger charge is -1.95. The highest BCUT2D eigenvalue weighted by molar-refractivity contribution is 7.09. The average molecular weight is 248 g/mol. The Hall–Kier alpha value is -1.75. The fourth-order valence-corrected chi connectivity index (χ4v) is 2.32. The van der Waals surface area contributed by atoms with Gasteiger partial charge in [-0.3, -0.25) is 9.78 Å². The molecule has 0 bridgehead atoms. The van der Waals surface area contributed by atoms with E-state index in [1.54, 1.807) is 23.7 Å². The smallest absolute Gasteiger partial charge is 0.303 e. The minimum Gasteiger partial charge on any atom is -0.481 e. The van der Waals surface area contributed by atoms with Crippen molar-refractivity contribution >= 4 is 17.3 Å². The van der Waals surface area contributed by atoms with Crippen molar-refractivity contribution in [3.63, 3.8) is 0 Å². The van der Waals surface area contributed by atoms with Crippen LogP contribution in [-0.2, 0) is 11.2 Å². The maximum atomic E-state index is 10.4. The summed E-state index contributed by atoms with van der Waals surface area (Å²) < 4.78 is 0. The van der Waals surface area contributed by atoms with E-state index in [1.165, 1.54) is 0 Å². The molecule has 2 aromatic rings. The Balaban J connectivity index is 1.99. The van der Waals surface area contributed by atoms with Gasteiger partial charge in [-0.2, -0.15) is 0 Å². The van der Waals surface area contributed by atoms with Gasteiger partial charge in [0.25, 0.3) is 0 Å². The molecule has 1 N–H and O–H groups in total. The molecule has 88 valence electrons. The van der Waals surface area contributed by atoms with Crippen LogP contribution in [0.4, 0.5) is 0 Å². The molecule has 0 saturated heterocycles. The van der Waals surface area contributed by atoms with E-state index in [4.69, 9.17) is 5.11 Å². The fourth-order valence-electron chi connectivity index (χ4n) is 1.47. The lowest BCUT2D eigenvalue weighted by molar-refractivity contribution is -0.137. The fraction of sp³-hybridized carbons (Fsp3) is 0.250. The van der Waals surface area contributed by atoms with Crippen LogP contribution in [0.2, 0.25) is 0 Å². The van der Waals surface area contributed by atoms with Crippen LogP contribution in [0, 0.1) is 0 Å². The molecule has 2 aromatic heterocycles. The molecular formula is C12H12N2O2S. The monoisotopic (exact) mass is 248 g/mol. The highest BCUT2D eigenvalue weighted by Gasteiger charge is 2.05. The number of hydrogen-bond donors (Lipinski definition) is 1. The number of hydrogen-bond acceptors (Lipinski definition) is 4. The van der Waals surface area contributed by atoms with Crippen LogP contribution in [0.1, 0.15) is 17.8 Å². The zero-order valence-electron chi connectivity index (χ0n) is 9.17. The second-order valence-corrected chi connectivity index (χ2v) is 4.55. The third kappa shape index (κ3) is 3.35. The third-order valence-electron chi connectivity index (χ3n) is 2.31. The van der Waals surface area contributed by atoms with Crippen LogP contribution >= 0.6 is 11.3 Å². The summed E-state index contributed by atoms with van der Waals surface area (Å²) in [6.07, 6.45) is 5.03. The Morgan fingerprint density at radius 1 is 1.35 bits per heavy atom. The number of aliphatic carboxylic acids is 1. The summed E-state index contributed by atoms with van der Waals surface area (Å²) in [5, 5.41) is 11.5. The van der Waals surface area contributed by atoms with E-state index < -0.39 is 5.97 Å². The van der Waals surface area contributed by atoms with Crippen LogP contribution in [0.5, 0.6) is 0 Å². The first-order valence-corrected chi connectivity index (χ1v) is 6.20. The molecule has 0 aliphatic rings. The predicted molar refractivity (Wildman–Crippen MR) is 65.9 cm³/mol. The van der Waals surface area contributed by atoms with Crippen LogP contribution in [-0.4, -0.2) is 21.0 Å². The maximum absolute atomic E-state index is 10.4. The number of thiazole rings is 1. The normalized spacial score (nSPS) is 10.4. The number of aryl methyl sites for hydroxylation is 1. The van der Waals surface area contributed by atoms with Crippen molar-refractivity contribution in [2.75, 3.05) is 0 Å². The SMILES string of the molecule is O=C(O)CCCc1nc(-c2ccncc2)cs1. The van der Waals surface area contributed by atoms with Crippen LogP contribution in [0.3, 0.4) is 0 Å². The summed E-state index contributed by atoms with van der Waals surface area (Å²) >= 11 is 1.57.